The second-order valence-corrected chi connectivity index (χ2v) is 6.65. The molecule has 1 aliphatic heterocycles. The van der Waals surface area contributed by atoms with Crippen molar-refractivity contribution < 1.29 is 14.0 Å². The van der Waals surface area contributed by atoms with Crippen molar-refractivity contribution in [3.8, 4) is 0 Å². The van der Waals surface area contributed by atoms with E-state index < -0.39 is 12.0 Å². The summed E-state index contributed by atoms with van der Waals surface area (Å²) in [4.78, 5) is 31.1. The van der Waals surface area contributed by atoms with Crippen LogP contribution in [-0.4, -0.2) is 34.8 Å². The van der Waals surface area contributed by atoms with E-state index in [0.29, 0.717) is 37.9 Å². The number of piperidine rings is 1. The van der Waals surface area contributed by atoms with Crippen LogP contribution in [0.3, 0.4) is 0 Å². The molecule has 2 atom stereocenters. The standard InChI is InChI=1S/C21H24FN3O2/c1-2-25-19(26)11-10-17(20(25)16-8-3-4-9-18(16)22)21(27)24-14-12-15-7-5-6-13-23-15/h3-9,13,17,20H,2,10-12,14H2,1H3,(H,24,27)/t17-,20+/m1/s1. The highest BCUT2D eigenvalue weighted by molar-refractivity contribution is 5.85. The Morgan fingerprint density at radius 3 is 2.74 bits per heavy atom. The monoisotopic (exact) mass is 369 g/mol. The van der Waals surface area contributed by atoms with E-state index in [4.69, 9.17) is 0 Å². The number of amides is 2. The lowest BCUT2D eigenvalue weighted by Crippen LogP contribution is -2.48. The summed E-state index contributed by atoms with van der Waals surface area (Å²) < 4.78 is 14.4. The summed E-state index contributed by atoms with van der Waals surface area (Å²) in [5.74, 6) is -1.04. The van der Waals surface area contributed by atoms with E-state index >= 15 is 0 Å². The summed E-state index contributed by atoms with van der Waals surface area (Å²) in [6, 6.07) is 11.5. The maximum atomic E-state index is 14.4. The molecule has 0 radical (unpaired) electrons. The largest absolute Gasteiger partial charge is 0.355 e. The SMILES string of the molecule is CCN1C(=O)CC[C@@H](C(=O)NCCc2ccccn2)[C@@H]1c1ccccc1F. The van der Waals surface area contributed by atoms with Gasteiger partial charge in [-0.15, -0.1) is 0 Å². The molecule has 1 aliphatic rings. The van der Waals surface area contributed by atoms with Gasteiger partial charge in [-0.2, -0.15) is 0 Å². The summed E-state index contributed by atoms with van der Waals surface area (Å²) >= 11 is 0. The number of rotatable bonds is 6. The molecule has 0 unspecified atom stereocenters. The molecular weight excluding hydrogens is 345 g/mol. The second kappa shape index (κ2) is 8.75. The molecule has 0 spiro atoms. The summed E-state index contributed by atoms with van der Waals surface area (Å²) in [6.45, 7) is 2.75. The normalized spacial score (nSPS) is 19.8. The molecule has 0 bridgehead atoms. The summed E-state index contributed by atoms with van der Waals surface area (Å²) in [6.07, 6.45) is 3.07. The van der Waals surface area contributed by atoms with E-state index in [1.54, 1.807) is 29.3 Å². The van der Waals surface area contributed by atoms with Crippen molar-refractivity contribution in [2.45, 2.75) is 32.2 Å². The Hall–Kier alpha value is -2.76. The van der Waals surface area contributed by atoms with Gasteiger partial charge in [0.25, 0.3) is 0 Å². The van der Waals surface area contributed by atoms with Gasteiger partial charge in [0.05, 0.1) is 12.0 Å². The molecule has 2 amide bonds. The van der Waals surface area contributed by atoms with Crippen LogP contribution < -0.4 is 5.32 Å². The summed E-state index contributed by atoms with van der Waals surface area (Å²) in [5.41, 5.74) is 1.30. The van der Waals surface area contributed by atoms with E-state index in [-0.39, 0.29) is 17.6 Å². The number of nitrogens with zero attached hydrogens (tertiary/aromatic N) is 2. The third kappa shape index (κ3) is 4.32. The van der Waals surface area contributed by atoms with E-state index in [1.165, 1.54) is 6.07 Å². The minimum absolute atomic E-state index is 0.0386. The van der Waals surface area contributed by atoms with Crippen molar-refractivity contribution in [1.29, 1.82) is 0 Å². The van der Waals surface area contributed by atoms with Crippen molar-refractivity contribution in [1.82, 2.24) is 15.2 Å². The van der Waals surface area contributed by atoms with E-state index in [1.807, 2.05) is 25.1 Å². The number of carbonyl (C=O) groups excluding carboxylic acids is 2. The Morgan fingerprint density at radius 2 is 2.04 bits per heavy atom. The highest BCUT2D eigenvalue weighted by Gasteiger charge is 2.40. The zero-order valence-electron chi connectivity index (χ0n) is 15.4. The first-order valence-corrected chi connectivity index (χ1v) is 9.33. The quantitative estimate of drug-likeness (QED) is 0.852. The van der Waals surface area contributed by atoms with Crippen LogP contribution in [0.2, 0.25) is 0 Å². The smallest absolute Gasteiger partial charge is 0.225 e. The van der Waals surface area contributed by atoms with E-state index in [2.05, 4.69) is 10.3 Å². The number of hydrogen-bond acceptors (Lipinski definition) is 3. The molecule has 1 fully saturated rings. The van der Waals surface area contributed by atoms with Gasteiger partial charge in [0.1, 0.15) is 5.82 Å². The fourth-order valence-electron chi connectivity index (χ4n) is 3.69. The first kappa shape index (κ1) is 19.0. The third-order valence-electron chi connectivity index (χ3n) is 5.01. The van der Waals surface area contributed by atoms with Gasteiger partial charge >= 0.3 is 0 Å². The third-order valence-corrected chi connectivity index (χ3v) is 5.01. The Bertz CT molecular complexity index is 797. The molecule has 6 heteroatoms. The predicted molar refractivity (Wildman–Crippen MR) is 100 cm³/mol. The van der Waals surface area contributed by atoms with Crippen molar-refractivity contribution in [3.05, 3.63) is 65.7 Å². The highest BCUT2D eigenvalue weighted by atomic mass is 19.1. The Balaban J connectivity index is 1.75. The topological polar surface area (TPSA) is 62.3 Å². The maximum Gasteiger partial charge on any atom is 0.225 e. The summed E-state index contributed by atoms with van der Waals surface area (Å²) in [5, 5.41) is 2.94. The average Bonchev–Trinajstić information content (AvgIpc) is 2.69. The van der Waals surface area contributed by atoms with Crippen LogP contribution in [0, 0.1) is 11.7 Å². The van der Waals surface area contributed by atoms with Crippen LogP contribution in [0.1, 0.15) is 37.1 Å². The molecule has 27 heavy (non-hydrogen) atoms. The van der Waals surface area contributed by atoms with Crippen molar-refractivity contribution in [2.75, 3.05) is 13.1 Å². The number of likely N-dealkylation sites (tertiary alicyclic amines) is 1. The molecular formula is C21H24FN3O2. The highest BCUT2D eigenvalue weighted by Crippen LogP contribution is 2.37. The Labute approximate surface area is 158 Å². The molecule has 5 nitrogen and oxygen atoms in total. The molecule has 2 aromatic rings. The fourth-order valence-corrected chi connectivity index (χ4v) is 3.69. The predicted octanol–water partition coefficient (Wildman–Crippen LogP) is 2.88. The lowest BCUT2D eigenvalue weighted by Gasteiger charge is -2.40. The van der Waals surface area contributed by atoms with Gasteiger partial charge in [-0.3, -0.25) is 14.6 Å². The first-order valence-electron chi connectivity index (χ1n) is 9.33. The molecule has 3 rings (SSSR count). The molecule has 142 valence electrons. The molecule has 1 N–H and O–H groups in total. The molecule has 0 aliphatic carbocycles. The van der Waals surface area contributed by atoms with Gasteiger partial charge in [0, 0.05) is 43.4 Å². The van der Waals surface area contributed by atoms with Gasteiger partial charge in [-0.05, 0) is 31.5 Å². The van der Waals surface area contributed by atoms with Crippen LogP contribution in [0.15, 0.2) is 48.7 Å². The molecule has 1 aromatic carbocycles. The van der Waals surface area contributed by atoms with E-state index in [0.717, 1.165) is 5.69 Å². The molecule has 1 aromatic heterocycles. The van der Waals surface area contributed by atoms with Crippen LogP contribution in [-0.2, 0) is 16.0 Å². The van der Waals surface area contributed by atoms with Gasteiger partial charge in [0.2, 0.25) is 11.8 Å². The number of pyridine rings is 1. The van der Waals surface area contributed by atoms with E-state index in [9.17, 15) is 14.0 Å². The van der Waals surface area contributed by atoms with Gasteiger partial charge in [-0.25, -0.2) is 4.39 Å². The molecule has 0 saturated carbocycles. The average molecular weight is 369 g/mol. The number of aromatic nitrogens is 1. The number of hydrogen-bond donors (Lipinski definition) is 1. The minimum Gasteiger partial charge on any atom is -0.355 e. The van der Waals surface area contributed by atoms with Crippen LogP contribution >= 0.6 is 0 Å². The fraction of sp³-hybridized carbons (Fsp3) is 0.381. The number of halogens is 1. The van der Waals surface area contributed by atoms with Crippen molar-refractivity contribution in [3.63, 3.8) is 0 Å². The molecule has 2 heterocycles. The van der Waals surface area contributed by atoms with Crippen LogP contribution in [0.5, 0.6) is 0 Å². The number of carbonyl (C=O) groups is 2. The number of nitrogens with one attached hydrogen (secondary N) is 1. The van der Waals surface area contributed by atoms with Gasteiger partial charge in [0.15, 0.2) is 0 Å². The minimum atomic E-state index is -0.577. The zero-order chi connectivity index (χ0) is 19.2. The zero-order valence-corrected chi connectivity index (χ0v) is 15.4. The summed E-state index contributed by atoms with van der Waals surface area (Å²) in [7, 11) is 0. The first-order chi connectivity index (χ1) is 13.1. The Morgan fingerprint density at radius 1 is 1.26 bits per heavy atom. The lowest BCUT2D eigenvalue weighted by molar-refractivity contribution is -0.143. The Kier molecular flexibility index (Phi) is 6.16. The molecule has 1 saturated heterocycles. The lowest BCUT2D eigenvalue weighted by atomic mass is 9.83. The van der Waals surface area contributed by atoms with Gasteiger partial charge < -0.3 is 10.2 Å². The van der Waals surface area contributed by atoms with Crippen molar-refractivity contribution >= 4 is 11.8 Å². The number of benzene rings is 1. The van der Waals surface area contributed by atoms with Crippen LogP contribution in [0.25, 0.3) is 0 Å². The van der Waals surface area contributed by atoms with Crippen LogP contribution in [0.4, 0.5) is 4.39 Å². The second-order valence-electron chi connectivity index (χ2n) is 6.65. The van der Waals surface area contributed by atoms with Crippen molar-refractivity contribution in [2.24, 2.45) is 5.92 Å². The maximum absolute atomic E-state index is 14.4. The van der Waals surface area contributed by atoms with Gasteiger partial charge in [-0.1, -0.05) is 24.3 Å².